The minimum atomic E-state index is 0.904. The molecule has 60 valence electrons. The van der Waals surface area contributed by atoms with Crippen molar-refractivity contribution >= 4 is 25.3 Å². The minimum Gasteiger partial charge on any atom is -0.298 e. The zero-order valence-corrected chi connectivity index (χ0v) is 7.95. The molecule has 0 spiro atoms. The summed E-state index contributed by atoms with van der Waals surface area (Å²) < 4.78 is 0. The molecule has 0 saturated carbocycles. The average Bonchev–Trinajstić information content (AvgIpc) is 1.90. The molecule has 0 bridgehead atoms. The van der Waals surface area contributed by atoms with Gasteiger partial charge in [0.15, 0.2) is 0 Å². The second-order valence-electron chi connectivity index (χ2n) is 2.04. The molecule has 0 aromatic heterocycles. The third-order valence-electron chi connectivity index (χ3n) is 1.22. The van der Waals surface area contributed by atoms with Gasteiger partial charge in [0.2, 0.25) is 0 Å². The van der Waals surface area contributed by atoms with Crippen LogP contribution in [0.2, 0.25) is 0 Å². The van der Waals surface area contributed by atoms with Crippen molar-refractivity contribution in [1.82, 2.24) is 4.90 Å². The first kappa shape index (κ1) is 10.4. The standard InChI is InChI=1S/C7H15NS2/c1-2-3-8(4-6-9)5-7-10/h2,9-10H,1,3-7H2. The smallest absolute Gasteiger partial charge is 0.0161 e. The molecule has 0 atom stereocenters. The van der Waals surface area contributed by atoms with Crippen LogP contribution in [-0.2, 0) is 0 Å². The molecule has 0 fully saturated rings. The zero-order chi connectivity index (χ0) is 7.82. The molecule has 0 radical (unpaired) electrons. The first-order valence-electron chi connectivity index (χ1n) is 3.40. The van der Waals surface area contributed by atoms with Crippen LogP contribution in [0.3, 0.4) is 0 Å². The van der Waals surface area contributed by atoms with Crippen LogP contribution >= 0.6 is 25.3 Å². The molecule has 0 aromatic rings. The lowest BCUT2D eigenvalue weighted by Crippen LogP contribution is -2.27. The van der Waals surface area contributed by atoms with E-state index < -0.39 is 0 Å². The summed E-state index contributed by atoms with van der Waals surface area (Å²) in [5.74, 6) is 1.81. The Bertz CT molecular complexity index is 79.7. The molecule has 0 unspecified atom stereocenters. The van der Waals surface area contributed by atoms with Crippen LogP contribution < -0.4 is 0 Å². The Balaban J connectivity index is 3.38. The Hall–Kier alpha value is 0.400. The van der Waals surface area contributed by atoms with E-state index in [2.05, 4.69) is 36.7 Å². The molecule has 1 nitrogen and oxygen atoms in total. The van der Waals surface area contributed by atoms with Gasteiger partial charge in [-0.2, -0.15) is 25.3 Å². The van der Waals surface area contributed by atoms with Crippen molar-refractivity contribution in [2.45, 2.75) is 0 Å². The van der Waals surface area contributed by atoms with E-state index in [-0.39, 0.29) is 0 Å². The molecule has 0 aliphatic rings. The molecule has 0 amide bonds. The highest BCUT2D eigenvalue weighted by Gasteiger charge is 1.97. The fraction of sp³-hybridized carbons (Fsp3) is 0.714. The Kier molecular flexibility index (Phi) is 7.81. The van der Waals surface area contributed by atoms with Gasteiger partial charge in [0.1, 0.15) is 0 Å². The van der Waals surface area contributed by atoms with Gasteiger partial charge >= 0.3 is 0 Å². The quantitative estimate of drug-likeness (QED) is 0.457. The second kappa shape index (κ2) is 7.51. The Morgan fingerprint density at radius 2 is 1.70 bits per heavy atom. The highest BCUT2D eigenvalue weighted by Crippen LogP contribution is 1.90. The average molecular weight is 177 g/mol. The number of nitrogens with zero attached hydrogens (tertiary/aromatic N) is 1. The molecule has 10 heavy (non-hydrogen) atoms. The van der Waals surface area contributed by atoms with Crippen molar-refractivity contribution in [3.63, 3.8) is 0 Å². The molecule has 0 aromatic carbocycles. The van der Waals surface area contributed by atoms with Crippen LogP contribution in [0.5, 0.6) is 0 Å². The van der Waals surface area contributed by atoms with Crippen molar-refractivity contribution in [2.24, 2.45) is 0 Å². The third kappa shape index (κ3) is 5.21. The maximum atomic E-state index is 4.14. The lowest BCUT2D eigenvalue weighted by atomic mass is 10.5. The predicted octanol–water partition coefficient (Wildman–Crippen LogP) is 1.33. The van der Waals surface area contributed by atoms with Crippen molar-refractivity contribution in [3.8, 4) is 0 Å². The molecular formula is C7H15NS2. The summed E-state index contributed by atoms with van der Waals surface area (Å²) in [4.78, 5) is 2.27. The molecule has 3 heteroatoms. The second-order valence-corrected chi connectivity index (χ2v) is 2.93. The van der Waals surface area contributed by atoms with Gasteiger partial charge in [0, 0.05) is 31.1 Å². The van der Waals surface area contributed by atoms with E-state index in [4.69, 9.17) is 0 Å². The van der Waals surface area contributed by atoms with Crippen LogP contribution in [-0.4, -0.2) is 36.0 Å². The van der Waals surface area contributed by atoms with Crippen molar-refractivity contribution in [2.75, 3.05) is 31.1 Å². The molecule has 0 rings (SSSR count). The van der Waals surface area contributed by atoms with Crippen molar-refractivity contribution < 1.29 is 0 Å². The van der Waals surface area contributed by atoms with Crippen LogP contribution in [0, 0.1) is 0 Å². The SMILES string of the molecule is C=CCN(CCS)CCS. The Morgan fingerprint density at radius 1 is 1.20 bits per heavy atom. The highest BCUT2D eigenvalue weighted by molar-refractivity contribution is 7.80. The van der Waals surface area contributed by atoms with Gasteiger partial charge in [0.05, 0.1) is 0 Å². The van der Waals surface area contributed by atoms with E-state index in [9.17, 15) is 0 Å². The fourth-order valence-electron chi connectivity index (χ4n) is 0.760. The third-order valence-corrected chi connectivity index (χ3v) is 1.62. The molecule has 0 heterocycles. The van der Waals surface area contributed by atoms with E-state index in [1.807, 2.05) is 6.08 Å². The van der Waals surface area contributed by atoms with Gasteiger partial charge in [-0.15, -0.1) is 6.58 Å². The van der Waals surface area contributed by atoms with Gasteiger partial charge in [-0.05, 0) is 0 Å². The van der Waals surface area contributed by atoms with Crippen LogP contribution in [0.25, 0.3) is 0 Å². The summed E-state index contributed by atoms with van der Waals surface area (Å²) in [6.45, 7) is 6.67. The monoisotopic (exact) mass is 177 g/mol. The lowest BCUT2D eigenvalue weighted by Gasteiger charge is -2.17. The van der Waals surface area contributed by atoms with Gasteiger partial charge in [-0.25, -0.2) is 0 Å². The van der Waals surface area contributed by atoms with Crippen LogP contribution in [0.15, 0.2) is 12.7 Å². The van der Waals surface area contributed by atoms with Crippen molar-refractivity contribution in [3.05, 3.63) is 12.7 Å². The maximum Gasteiger partial charge on any atom is 0.0161 e. The normalized spacial score (nSPS) is 10.3. The number of thiol groups is 2. The van der Waals surface area contributed by atoms with Crippen LogP contribution in [0.4, 0.5) is 0 Å². The predicted molar refractivity (Wildman–Crippen MR) is 54.3 cm³/mol. The van der Waals surface area contributed by atoms with Gasteiger partial charge in [0.25, 0.3) is 0 Å². The van der Waals surface area contributed by atoms with E-state index in [1.54, 1.807) is 0 Å². The van der Waals surface area contributed by atoms with Gasteiger partial charge in [-0.3, -0.25) is 4.90 Å². The summed E-state index contributed by atoms with van der Waals surface area (Å²) in [5.41, 5.74) is 0. The number of hydrogen-bond donors (Lipinski definition) is 2. The van der Waals surface area contributed by atoms with E-state index in [1.165, 1.54) is 0 Å². The summed E-state index contributed by atoms with van der Waals surface area (Å²) in [7, 11) is 0. The number of hydrogen-bond acceptors (Lipinski definition) is 3. The topological polar surface area (TPSA) is 3.24 Å². The summed E-state index contributed by atoms with van der Waals surface area (Å²) in [6.07, 6.45) is 1.91. The number of rotatable bonds is 6. The molecule has 0 saturated heterocycles. The van der Waals surface area contributed by atoms with Gasteiger partial charge in [-0.1, -0.05) is 6.08 Å². The molecular weight excluding hydrogens is 162 g/mol. The van der Waals surface area contributed by atoms with Crippen LogP contribution in [0.1, 0.15) is 0 Å². The summed E-state index contributed by atoms with van der Waals surface area (Å²) in [6, 6.07) is 0. The Labute approximate surface area is 74.3 Å². The molecule has 0 N–H and O–H groups in total. The first-order chi connectivity index (χ1) is 4.85. The summed E-state index contributed by atoms with van der Waals surface area (Å²) >= 11 is 8.29. The first-order valence-corrected chi connectivity index (χ1v) is 4.66. The van der Waals surface area contributed by atoms with E-state index in [0.29, 0.717) is 0 Å². The Morgan fingerprint density at radius 3 is 2.00 bits per heavy atom. The van der Waals surface area contributed by atoms with E-state index in [0.717, 1.165) is 31.1 Å². The lowest BCUT2D eigenvalue weighted by molar-refractivity contribution is 0.344. The molecule has 0 aliphatic carbocycles. The van der Waals surface area contributed by atoms with Crippen molar-refractivity contribution in [1.29, 1.82) is 0 Å². The maximum absolute atomic E-state index is 4.14. The van der Waals surface area contributed by atoms with E-state index >= 15 is 0 Å². The minimum absolute atomic E-state index is 0.904. The van der Waals surface area contributed by atoms with Gasteiger partial charge < -0.3 is 0 Å². The molecule has 0 aliphatic heterocycles. The fourth-order valence-corrected chi connectivity index (χ4v) is 1.33. The summed E-state index contributed by atoms with van der Waals surface area (Å²) in [5, 5.41) is 0. The largest absolute Gasteiger partial charge is 0.298 e. The highest BCUT2D eigenvalue weighted by atomic mass is 32.1. The zero-order valence-electron chi connectivity index (χ0n) is 6.16.